The molecule has 3 aliphatic rings. The maximum absolute atomic E-state index is 10.9. The van der Waals surface area contributed by atoms with Gasteiger partial charge in [0.05, 0.1) is 11.0 Å². The van der Waals surface area contributed by atoms with Gasteiger partial charge in [-0.2, -0.15) is 0 Å². The Labute approximate surface area is 120 Å². The van der Waals surface area contributed by atoms with Crippen molar-refractivity contribution in [2.24, 2.45) is 5.92 Å². The smallest absolute Gasteiger partial charge is 0.268 e. The van der Waals surface area contributed by atoms with Crippen LogP contribution in [0, 0.1) is 16.0 Å². The Balaban J connectivity index is 1.83. The highest BCUT2D eigenvalue weighted by Crippen LogP contribution is 2.61. The summed E-state index contributed by atoms with van der Waals surface area (Å²) in [6.07, 6.45) is 9.69. The van der Waals surface area contributed by atoms with Crippen molar-refractivity contribution in [3.8, 4) is 0 Å². The first-order valence-corrected chi connectivity index (χ1v) is 7.50. The van der Waals surface area contributed by atoms with Crippen LogP contribution in [0.15, 0.2) is 34.0 Å². The molecule has 0 amide bonds. The van der Waals surface area contributed by atoms with Crippen LogP contribution in [0.2, 0.25) is 0 Å². The first-order chi connectivity index (χ1) is 9.08. The second kappa shape index (κ2) is 4.56. The van der Waals surface area contributed by atoms with Crippen LogP contribution in [0.25, 0.3) is 0 Å². The monoisotopic (exact) mass is 325 g/mol. The standard InChI is InChI=1S/C14H16BrNO3/c1-2-10-11-7-9(16(17)18)8-14(10,11)19-13-6-4-3-5-12(13)15/h5,7-8,10,13H,2-4,6H2,1H3. The number of ether oxygens (including phenoxy) is 1. The minimum absolute atomic E-state index is 0.0380. The summed E-state index contributed by atoms with van der Waals surface area (Å²) in [5.74, 6) is 0.318. The summed E-state index contributed by atoms with van der Waals surface area (Å²) in [5, 5.41) is 10.9. The average molecular weight is 326 g/mol. The van der Waals surface area contributed by atoms with Crippen LogP contribution in [0.4, 0.5) is 0 Å². The van der Waals surface area contributed by atoms with Crippen molar-refractivity contribution in [2.75, 3.05) is 0 Å². The van der Waals surface area contributed by atoms with Crippen LogP contribution < -0.4 is 0 Å². The summed E-state index contributed by atoms with van der Waals surface area (Å²) in [4.78, 5) is 10.5. The first kappa shape index (κ1) is 13.1. The van der Waals surface area contributed by atoms with Crippen molar-refractivity contribution >= 4 is 15.9 Å². The van der Waals surface area contributed by atoms with Gasteiger partial charge in [0.15, 0.2) is 0 Å². The maximum Gasteiger partial charge on any atom is 0.268 e. The second-order valence-corrected chi connectivity index (χ2v) is 6.22. The zero-order valence-electron chi connectivity index (χ0n) is 10.8. The Kier molecular flexibility index (Phi) is 3.14. The molecule has 0 spiro atoms. The first-order valence-electron chi connectivity index (χ1n) is 6.71. The molecule has 1 fully saturated rings. The van der Waals surface area contributed by atoms with Gasteiger partial charge < -0.3 is 4.74 Å². The van der Waals surface area contributed by atoms with E-state index in [9.17, 15) is 10.1 Å². The molecular weight excluding hydrogens is 310 g/mol. The molecule has 0 aromatic heterocycles. The fourth-order valence-corrected chi connectivity index (χ4v) is 3.76. The molecule has 3 rings (SSSR count). The third-order valence-corrected chi connectivity index (χ3v) is 5.03. The molecule has 5 heteroatoms. The highest BCUT2D eigenvalue weighted by Gasteiger charge is 2.64. The molecule has 3 aliphatic carbocycles. The highest BCUT2D eigenvalue weighted by atomic mass is 79.9. The quantitative estimate of drug-likeness (QED) is 0.584. The van der Waals surface area contributed by atoms with Gasteiger partial charge in [-0.3, -0.25) is 10.1 Å². The lowest BCUT2D eigenvalue weighted by atomic mass is 10.0. The molecule has 0 aliphatic heterocycles. The molecule has 3 unspecified atom stereocenters. The van der Waals surface area contributed by atoms with Crippen molar-refractivity contribution in [1.29, 1.82) is 0 Å². The van der Waals surface area contributed by atoms with Crippen LogP contribution in [0.5, 0.6) is 0 Å². The van der Waals surface area contributed by atoms with Gasteiger partial charge in [-0.25, -0.2) is 0 Å². The Morgan fingerprint density at radius 3 is 3.05 bits per heavy atom. The topological polar surface area (TPSA) is 52.4 Å². The van der Waals surface area contributed by atoms with Gasteiger partial charge in [-0.1, -0.05) is 28.9 Å². The van der Waals surface area contributed by atoms with E-state index < -0.39 is 5.60 Å². The predicted octanol–water partition coefficient (Wildman–Crippen LogP) is 3.71. The average Bonchev–Trinajstić information content (AvgIpc) is 2.78. The number of rotatable bonds is 4. The zero-order chi connectivity index (χ0) is 13.6. The van der Waals surface area contributed by atoms with Gasteiger partial charge >= 0.3 is 0 Å². The lowest BCUT2D eigenvalue weighted by Crippen LogP contribution is -2.26. The molecule has 4 nitrogen and oxygen atoms in total. The number of nitrogens with zero attached hydrogens (tertiary/aromatic N) is 1. The second-order valence-electron chi connectivity index (χ2n) is 5.31. The SMILES string of the molecule is CCC1C2=CC([N+](=O)[O-])=CC21OC1CCCC=C1Br. The lowest BCUT2D eigenvalue weighted by molar-refractivity contribution is -0.419. The normalized spacial score (nSPS) is 36.2. The number of hydrogen-bond acceptors (Lipinski definition) is 3. The van der Waals surface area contributed by atoms with Crippen molar-refractivity contribution in [1.82, 2.24) is 0 Å². The summed E-state index contributed by atoms with van der Waals surface area (Å²) in [6.45, 7) is 2.10. The van der Waals surface area contributed by atoms with E-state index in [2.05, 4.69) is 28.9 Å². The number of hydrogen-bond donors (Lipinski definition) is 0. The molecule has 0 aromatic carbocycles. The number of halogens is 1. The lowest BCUT2D eigenvalue weighted by Gasteiger charge is -2.25. The molecule has 0 saturated heterocycles. The third-order valence-electron chi connectivity index (χ3n) is 4.20. The van der Waals surface area contributed by atoms with E-state index >= 15 is 0 Å². The van der Waals surface area contributed by atoms with E-state index in [0.29, 0.717) is 5.92 Å². The summed E-state index contributed by atoms with van der Waals surface area (Å²) >= 11 is 3.55. The molecule has 0 radical (unpaired) electrons. The van der Waals surface area contributed by atoms with Crippen molar-refractivity contribution in [3.05, 3.63) is 44.1 Å². The third kappa shape index (κ3) is 1.99. The Hall–Kier alpha value is -0.940. The van der Waals surface area contributed by atoms with Crippen LogP contribution in [0.3, 0.4) is 0 Å². The molecule has 102 valence electrons. The summed E-state index contributed by atoms with van der Waals surface area (Å²) in [6, 6.07) is 0. The number of fused-ring (bicyclic) bond motifs is 1. The van der Waals surface area contributed by atoms with Crippen LogP contribution in [-0.2, 0) is 4.74 Å². The predicted molar refractivity (Wildman–Crippen MR) is 75.4 cm³/mol. The molecule has 19 heavy (non-hydrogen) atoms. The van der Waals surface area contributed by atoms with E-state index in [4.69, 9.17) is 4.74 Å². The molecule has 0 N–H and O–H groups in total. The molecule has 1 saturated carbocycles. The van der Waals surface area contributed by atoms with Gasteiger partial charge in [0.1, 0.15) is 5.60 Å². The van der Waals surface area contributed by atoms with Crippen LogP contribution >= 0.6 is 15.9 Å². The summed E-state index contributed by atoms with van der Waals surface area (Å²) in [5.41, 5.74) is 0.759. The summed E-state index contributed by atoms with van der Waals surface area (Å²) in [7, 11) is 0. The van der Waals surface area contributed by atoms with Gasteiger partial charge in [0.2, 0.25) is 0 Å². The number of nitro groups is 1. The minimum atomic E-state index is -0.494. The van der Waals surface area contributed by atoms with Gasteiger partial charge in [-0.05, 0) is 31.3 Å². The van der Waals surface area contributed by atoms with Crippen LogP contribution in [-0.4, -0.2) is 16.6 Å². The number of allylic oxidation sites excluding steroid dienone is 2. The van der Waals surface area contributed by atoms with Crippen molar-refractivity contribution in [3.63, 3.8) is 0 Å². The zero-order valence-corrected chi connectivity index (χ0v) is 12.4. The van der Waals surface area contributed by atoms with E-state index in [1.807, 2.05) is 0 Å². The molecule has 0 heterocycles. The van der Waals surface area contributed by atoms with E-state index in [1.54, 1.807) is 12.2 Å². The molecule has 0 aromatic rings. The fourth-order valence-electron chi connectivity index (χ4n) is 3.21. The van der Waals surface area contributed by atoms with E-state index in [0.717, 1.165) is 35.7 Å². The fraction of sp³-hybridized carbons (Fsp3) is 0.571. The van der Waals surface area contributed by atoms with Gasteiger partial charge in [0.25, 0.3) is 5.70 Å². The Bertz CT molecular complexity index is 523. The molecule has 3 atom stereocenters. The largest absolute Gasteiger partial charge is 0.357 e. The highest BCUT2D eigenvalue weighted by molar-refractivity contribution is 9.11. The van der Waals surface area contributed by atoms with Crippen molar-refractivity contribution < 1.29 is 9.66 Å². The van der Waals surface area contributed by atoms with Gasteiger partial charge in [0, 0.05) is 22.6 Å². The maximum atomic E-state index is 10.9. The molecule has 0 bridgehead atoms. The minimum Gasteiger partial charge on any atom is -0.357 e. The summed E-state index contributed by atoms with van der Waals surface area (Å²) < 4.78 is 7.33. The van der Waals surface area contributed by atoms with Crippen molar-refractivity contribution in [2.45, 2.75) is 44.3 Å². The van der Waals surface area contributed by atoms with E-state index in [-0.39, 0.29) is 16.7 Å². The van der Waals surface area contributed by atoms with Crippen LogP contribution in [0.1, 0.15) is 32.6 Å². The molecular formula is C14H16BrNO3. The van der Waals surface area contributed by atoms with Gasteiger partial charge in [-0.15, -0.1) is 0 Å². The Morgan fingerprint density at radius 1 is 1.63 bits per heavy atom. The Morgan fingerprint density at radius 2 is 2.42 bits per heavy atom. The van der Waals surface area contributed by atoms with E-state index in [1.165, 1.54) is 0 Å².